The molecule has 0 aliphatic carbocycles. The minimum Gasteiger partial charge on any atom is -0.461 e. The van der Waals surface area contributed by atoms with Crippen LogP contribution in [0.1, 0.15) is 21.5 Å². The Bertz CT molecular complexity index is 1030. The van der Waals surface area contributed by atoms with Crippen molar-refractivity contribution in [2.75, 3.05) is 13.2 Å². The number of sulfonamides is 1. The first-order valence-corrected chi connectivity index (χ1v) is 10.7. The molecule has 0 aromatic heterocycles. The Morgan fingerprint density at radius 1 is 0.862 bits per heavy atom. The Balaban J connectivity index is 1.76. The zero-order valence-electron chi connectivity index (χ0n) is 16.2. The summed E-state index contributed by atoms with van der Waals surface area (Å²) in [4.78, 5) is 12.4. The van der Waals surface area contributed by atoms with Gasteiger partial charge in [-0.15, -0.1) is 0 Å². The first-order chi connectivity index (χ1) is 14.0. The predicted molar refractivity (Wildman–Crippen MR) is 112 cm³/mol. The standard InChI is InChI=1S/C23H23NO4S/c1-19-12-14-22(15-13-19)29(26,27)24(18-20-8-4-2-5-9-20)16-17-28-23(25)21-10-6-3-7-11-21/h2-15H,16-18H2,1H3. The van der Waals surface area contributed by atoms with Crippen LogP contribution in [-0.2, 0) is 21.3 Å². The molecule has 3 aromatic rings. The molecule has 0 spiro atoms. The molecular formula is C23H23NO4S. The monoisotopic (exact) mass is 409 g/mol. The fourth-order valence-corrected chi connectivity index (χ4v) is 4.24. The lowest BCUT2D eigenvalue weighted by Crippen LogP contribution is -2.34. The van der Waals surface area contributed by atoms with Crippen LogP contribution in [0.2, 0.25) is 0 Å². The molecule has 3 rings (SSSR count). The molecule has 0 bridgehead atoms. The van der Waals surface area contributed by atoms with Gasteiger partial charge in [0.25, 0.3) is 0 Å². The maximum atomic E-state index is 13.2. The largest absolute Gasteiger partial charge is 0.461 e. The van der Waals surface area contributed by atoms with Crippen LogP contribution in [0, 0.1) is 6.92 Å². The minimum atomic E-state index is -3.74. The summed E-state index contributed by atoms with van der Waals surface area (Å²) in [5.74, 6) is -0.474. The van der Waals surface area contributed by atoms with E-state index in [4.69, 9.17) is 4.74 Å². The van der Waals surface area contributed by atoms with E-state index in [9.17, 15) is 13.2 Å². The highest BCUT2D eigenvalue weighted by Gasteiger charge is 2.25. The van der Waals surface area contributed by atoms with Crippen molar-refractivity contribution < 1.29 is 17.9 Å². The molecule has 0 atom stereocenters. The number of ether oxygens (including phenoxy) is 1. The van der Waals surface area contributed by atoms with Crippen LogP contribution < -0.4 is 0 Å². The topological polar surface area (TPSA) is 63.7 Å². The number of aryl methyl sites for hydroxylation is 1. The van der Waals surface area contributed by atoms with Gasteiger partial charge in [0.2, 0.25) is 10.0 Å². The van der Waals surface area contributed by atoms with Gasteiger partial charge in [-0.1, -0.05) is 66.2 Å². The molecule has 3 aromatic carbocycles. The van der Waals surface area contributed by atoms with Gasteiger partial charge in [0.05, 0.1) is 10.5 Å². The van der Waals surface area contributed by atoms with Gasteiger partial charge in [-0.2, -0.15) is 4.31 Å². The number of nitrogens with zero attached hydrogens (tertiary/aromatic N) is 1. The molecule has 0 saturated carbocycles. The normalized spacial score (nSPS) is 11.4. The number of hydrogen-bond acceptors (Lipinski definition) is 4. The van der Waals surface area contributed by atoms with Gasteiger partial charge in [0.15, 0.2) is 0 Å². The molecule has 0 aliphatic heterocycles. The van der Waals surface area contributed by atoms with Crippen molar-refractivity contribution in [1.29, 1.82) is 0 Å². The summed E-state index contributed by atoms with van der Waals surface area (Å²) in [7, 11) is -3.74. The Hall–Kier alpha value is -2.96. The highest BCUT2D eigenvalue weighted by molar-refractivity contribution is 7.89. The van der Waals surface area contributed by atoms with Crippen LogP contribution in [0.25, 0.3) is 0 Å². The highest BCUT2D eigenvalue weighted by Crippen LogP contribution is 2.19. The number of benzene rings is 3. The molecule has 6 heteroatoms. The van der Waals surface area contributed by atoms with Crippen LogP contribution in [0.3, 0.4) is 0 Å². The first kappa shape index (κ1) is 20.8. The summed E-state index contributed by atoms with van der Waals surface area (Å²) in [6.45, 7) is 2.12. The third-order valence-electron chi connectivity index (χ3n) is 4.44. The van der Waals surface area contributed by atoms with E-state index in [1.165, 1.54) is 4.31 Å². The smallest absolute Gasteiger partial charge is 0.338 e. The number of carbonyl (C=O) groups is 1. The maximum Gasteiger partial charge on any atom is 0.338 e. The molecule has 0 fully saturated rings. The lowest BCUT2D eigenvalue weighted by atomic mass is 10.2. The molecule has 5 nitrogen and oxygen atoms in total. The number of esters is 1. The lowest BCUT2D eigenvalue weighted by Gasteiger charge is -2.22. The van der Waals surface area contributed by atoms with Gasteiger partial charge in [0.1, 0.15) is 6.61 Å². The Morgan fingerprint density at radius 3 is 2.07 bits per heavy atom. The van der Waals surface area contributed by atoms with E-state index in [2.05, 4.69) is 0 Å². The molecule has 150 valence electrons. The summed E-state index contributed by atoms with van der Waals surface area (Å²) in [6, 6.07) is 24.7. The van der Waals surface area contributed by atoms with Crippen molar-refractivity contribution in [2.24, 2.45) is 0 Å². The number of rotatable bonds is 8. The van der Waals surface area contributed by atoms with Gasteiger partial charge < -0.3 is 4.74 Å². The molecule has 0 amide bonds. The van der Waals surface area contributed by atoms with E-state index in [1.807, 2.05) is 43.3 Å². The van der Waals surface area contributed by atoms with Gasteiger partial charge >= 0.3 is 5.97 Å². The first-order valence-electron chi connectivity index (χ1n) is 9.30. The van der Waals surface area contributed by atoms with E-state index >= 15 is 0 Å². The summed E-state index contributed by atoms with van der Waals surface area (Å²) in [6.07, 6.45) is 0. The Kier molecular flexibility index (Phi) is 6.80. The zero-order valence-corrected chi connectivity index (χ0v) is 17.0. The second-order valence-corrected chi connectivity index (χ2v) is 8.58. The average Bonchev–Trinajstić information content (AvgIpc) is 2.74. The molecule has 0 N–H and O–H groups in total. The number of hydrogen-bond donors (Lipinski definition) is 0. The highest BCUT2D eigenvalue weighted by atomic mass is 32.2. The molecule has 29 heavy (non-hydrogen) atoms. The maximum absolute atomic E-state index is 13.2. The fourth-order valence-electron chi connectivity index (χ4n) is 2.83. The molecule has 0 heterocycles. The molecular weight excluding hydrogens is 386 g/mol. The van der Waals surface area contributed by atoms with Gasteiger partial charge in [-0.3, -0.25) is 0 Å². The van der Waals surface area contributed by atoms with Crippen LogP contribution in [0.15, 0.2) is 89.8 Å². The van der Waals surface area contributed by atoms with Gasteiger partial charge in [-0.05, 0) is 36.8 Å². The van der Waals surface area contributed by atoms with Crippen LogP contribution in [0.4, 0.5) is 0 Å². The van der Waals surface area contributed by atoms with E-state index in [0.29, 0.717) is 5.56 Å². The van der Waals surface area contributed by atoms with E-state index < -0.39 is 16.0 Å². The fraction of sp³-hybridized carbons (Fsp3) is 0.174. The third-order valence-corrected chi connectivity index (χ3v) is 6.30. The summed E-state index contributed by atoms with van der Waals surface area (Å²) in [5, 5.41) is 0. The molecule has 0 unspecified atom stereocenters. The number of carbonyl (C=O) groups excluding carboxylic acids is 1. The van der Waals surface area contributed by atoms with Gasteiger partial charge in [-0.25, -0.2) is 13.2 Å². The minimum absolute atomic E-state index is 0.0361. The van der Waals surface area contributed by atoms with Gasteiger partial charge in [0, 0.05) is 13.1 Å². The molecule has 0 radical (unpaired) electrons. The summed E-state index contributed by atoms with van der Waals surface area (Å²) >= 11 is 0. The Morgan fingerprint density at radius 2 is 1.45 bits per heavy atom. The second kappa shape index (κ2) is 9.49. The Labute approximate surface area is 171 Å². The van der Waals surface area contributed by atoms with Crippen LogP contribution >= 0.6 is 0 Å². The summed E-state index contributed by atoms with van der Waals surface area (Å²) < 4.78 is 33.0. The molecule has 0 saturated heterocycles. The third kappa shape index (κ3) is 5.53. The quantitative estimate of drug-likeness (QED) is 0.527. The van der Waals surface area contributed by atoms with Crippen molar-refractivity contribution in [2.45, 2.75) is 18.4 Å². The van der Waals surface area contributed by atoms with Crippen LogP contribution in [0.5, 0.6) is 0 Å². The van der Waals surface area contributed by atoms with E-state index in [-0.39, 0.29) is 24.6 Å². The SMILES string of the molecule is Cc1ccc(S(=O)(=O)N(CCOC(=O)c2ccccc2)Cc2ccccc2)cc1. The van der Waals surface area contributed by atoms with Crippen molar-refractivity contribution in [3.8, 4) is 0 Å². The van der Waals surface area contributed by atoms with Crippen molar-refractivity contribution in [1.82, 2.24) is 4.31 Å². The second-order valence-electron chi connectivity index (χ2n) is 6.64. The van der Waals surface area contributed by atoms with Crippen molar-refractivity contribution in [3.63, 3.8) is 0 Å². The van der Waals surface area contributed by atoms with Crippen LogP contribution in [-0.4, -0.2) is 31.8 Å². The lowest BCUT2D eigenvalue weighted by molar-refractivity contribution is 0.0487. The molecule has 0 aliphatic rings. The van der Waals surface area contributed by atoms with Crippen molar-refractivity contribution in [3.05, 3.63) is 102 Å². The van der Waals surface area contributed by atoms with E-state index in [0.717, 1.165) is 11.1 Å². The average molecular weight is 410 g/mol. The predicted octanol–water partition coefficient (Wildman–Crippen LogP) is 4.04. The zero-order chi connectivity index (χ0) is 20.7. The van der Waals surface area contributed by atoms with E-state index in [1.54, 1.807) is 48.5 Å². The summed E-state index contributed by atoms with van der Waals surface area (Å²) in [5.41, 5.74) is 2.27. The van der Waals surface area contributed by atoms with Crippen molar-refractivity contribution >= 4 is 16.0 Å².